The SMILES string of the molecule is Cc1ccc(NC(C)c2nccs2)cc1Br. The molecule has 1 aromatic carbocycles. The minimum atomic E-state index is 0.245. The lowest BCUT2D eigenvalue weighted by atomic mass is 10.2. The molecule has 1 heterocycles. The summed E-state index contributed by atoms with van der Waals surface area (Å²) in [6.07, 6.45) is 1.84. The molecule has 0 aliphatic heterocycles. The normalized spacial score (nSPS) is 12.4. The zero-order valence-electron chi connectivity index (χ0n) is 9.20. The Morgan fingerprint density at radius 3 is 2.88 bits per heavy atom. The van der Waals surface area contributed by atoms with Crippen LogP contribution in [0, 0.1) is 6.92 Å². The van der Waals surface area contributed by atoms with Gasteiger partial charge in [-0.1, -0.05) is 22.0 Å². The zero-order valence-corrected chi connectivity index (χ0v) is 11.6. The lowest BCUT2D eigenvalue weighted by Crippen LogP contribution is -2.05. The number of halogens is 1. The largest absolute Gasteiger partial charge is 0.376 e. The maximum Gasteiger partial charge on any atom is 0.115 e. The minimum absolute atomic E-state index is 0.245. The Hall–Kier alpha value is -0.870. The Kier molecular flexibility index (Phi) is 3.61. The predicted octanol–water partition coefficient (Wildman–Crippen LogP) is 4.39. The van der Waals surface area contributed by atoms with Crippen molar-refractivity contribution in [3.8, 4) is 0 Å². The first-order chi connectivity index (χ1) is 7.66. The van der Waals surface area contributed by atoms with Gasteiger partial charge in [-0.05, 0) is 31.5 Å². The molecule has 4 heteroatoms. The quantitative estimate of drug-likeness (QED) is 0.909. The van der Waals surface area contributed by atoms with Crippen molar-refractivity contribution >= 4 is 33.0 Å². The van der Waals surface area contributed by atoms with Gasteiger partial charge in [-0.3, -0.25) is 0 Å². The standard InChI is InChI=1S/C12H13BrN2S/c1-8-3-4-10(7-11(8)13)15-9(2)12-14-5-6-16-12/h3-7,9,15H,1-2H3. The molecule has 0 aliphatic carbocycles. The summed E-state index contributed by atoms with van der Waals surface area (Å²) < 4.78 is 1.13. The number of aryl methyl sites for hydroxylation is 1. The number of aromatic nitrogens is 1. The van der Waals surface area contributed by atoms with Crippen molar-refractivity contribution in [2.24, 2.45) is 0 Å². The molecule has 0 saturated carbocycles. The first kappa shape index (κ1) is 11.6. The molecular weight excluding hydrogens is 284 g/mol. The van der Waals surface area contributed by atoms with E-state index in [1.54, 1.807) is 11.3 Å². The van der Waals surface area contributed by atoms with Crippen LogP contribution in [0.25, 0.3) is 0 Å². The van der Waals surface area contributed by atoms with Crippen LogP contribution in [-0.2, 0) is 0 Å². The van der Waals surface area contributed by atoms with Crippen LogP contribution in [0.3, 0.4) is 0 Å². The fraction of sp³-hybridized carbons (Fsp3) is 0.250. The second-order valence-electron chi connectivity index (χ2n) is 3.70. The number of thiazole rings is 1. The number of nitrogens with one attached hydrogen (secondary N) is 1. The lowest BCUT2D eigenvalue weighted by molar-refractivity contribution is 0.869. The minimum Gasteiger partial charge on any atom is -0.376 e. The van der Waals surface area contributed by atoms with Gasteiger partial charge in [0.2, 0.25) is 0 Å². The van der Waals surface area contributed by atoms with Gasteiger partial charge in [0.25, 0.3) is 0 Å². The number of rotatable bonds is 3. The Balaban J connectivity index is 2.12. The van der Waals surface area contributed by atoms with Gasteiger partial charge in [0, 0.05) is 21.7 Å². The third kappa shape index (κ3) is 2.62. The van der Waals surface area contributed by atoms with Gasteiger partial charge >= 0.3 is 0 Å². The zero-order chi connectivity index (χ0) is 11.5. The molecule has 1 aromatic heterocycles. The molecule has 1 atom stereocenters. The second-order valence-corrected chi connectivity index (χ2v) is 5.48. The molecule has 16 heavy (non-hydrogen) atoms. The van der Waals surface area contributed by atoms with Crippen LogP contribution in [0.5, 0.6) is 0 Å². The molecule has 2 rings (SSSR count). The summed E-state index contributed by atoms with van der Waals surface area (Å²) in [6.45, 7) is 4.20. The third-order valence-electron chi connectivity index (χ3n) is 2.38. The first-order valence-electron chi connectivity index (χ1n) is 5.09. The summed E-state index contributed by atoms with van der Waals surface area (Å²) in [6, 6.07) is 6.53. The predicted molar refractivity (Wildman–Crippen MR) is 73.0 cm³/mol. The Morgan fingerprint density at radius 1 is 1.44 bits per heavy atom. The molecule has 0 aliphatic rings. The average molecular weight is 297 g/mol. The van der Waals surface area contributed by atoms with Gasteiger partial charge in [0.1, 0.15) is 5.01 Å². The van der Waals surface area contributed by atoms with Crippen molar-refractivity contribution in [3.63, 3.8) is 0 Å². The van der Waals surface area contributed by atoms with Gasteiger partial charge in [0.05, 0.1) is 6.04 Å². The number of nitrogens with zero attached hydrogens (tertiary/aromatic N) is 1. The summed E-state index contributed by atoms with van der Waals surface area (Å²) in [5, 5.41) is 6.54. The summed E-state index contributed by atoms with van der Waals surface area (Å²) in [4.78, 5) is 4.30. The van der Waals surface area contributed by atoms with Crippen LogP contribution >= 0.6 is 27.3 Å². The van der Waals surface area contributed by atoms with E-state index in [2.05, 4.69) is 58.3 Å². The van der Waals surface area contributed by atoms with Crippen molar-refractivity contribution < 1.29 is 0 Å². The topological polar surface area (TPSA) is 24.9 Å². The summed E-state index contributed by atoms with van der Waals surface area (Å²) in [5.41, 5.74) is 2.35. The van der Waals surface area contributed by atoms with E-state index >= 15 is 0 Å². The smallest absolute Gasteiger partial charge is 0.115 e. The molecule has 0 saturated heterocycles. The fourth-order valence-electron chi connectivity index (χ4n) is 1.44. The number of hydrogen-bond acceptors (Lipinski definition) is 3. The number of anilines is 1. The molecule has 0 fully saturated rings. The van der Waals surface area contributed by atoms with E-state index in [0.717, 1.165) is 15.2 Å². The average Bonchev–Trinajstić information content (AvgIpc) is 2.77. The van der Waals surface area contributed by atoms with Crippen LogP contribution in [-0.4, -0.2) is 4.98 Å². The molecule has 2 nitrogen and oxygen atoms in total. The van der Waals surface area contributed by atoms with Crippen LogP contribution in [0.2, 0.25) is 0 Å². The maximum atomic E-state index is 4.30. The molecule has 0 radical (unpaired) electrons. The monoisotopic (exact) mass is 296 g/mol. The van der Waals surface area contributed by atoms with Crippen LogP contribution in [0.1, 0.15) is 23.5 Å². The van der Waals surface area contributed by atoms with Gasteiger partial charge in [-0.25, -0.2) is 4.98 Å². The van der Waals surface area contributed by atoms with E-state index in [0.29, 0.717) is 0 Å². The van der Waals surface area contributed by atoms with E-state index in [9.17, 15) is 0 Å². The molecular formula is C12H13BrN2S. The molecule has 0 amide bonds. The number of hydrogen-bond donors (Lipinski definition) is 1. The van der Waals surface area contributed by atoms with Gasteiger partial charge in [-0.15, -0.1) is 11.3 Å². The van der Waals surface area contributed by atoms with Gasteiger partial charge < -0.3 is 5.32 Å². The lowest BCUT2D eigenvalue weighted by Gasteiger charge is -2.13. The van der Waals surface area contributed by atoms with Crippen molar-refractivity contribution in [2.45, 2.75) is 19.9 Å². The molecule has 1 N–H and O–H groups in total. The van der Waals surface area contributed by atoms with Crippen molar-refractivity contribution in [1.82, 2.24) is 4.98 Å². The Bertz CT molecular complexity index is 468. The highest BCUT2D eigenvalue weighted by atomic mass is 79.9. The van der Waals surface area contributed by atoms with E-state index in [4.69, 9.17) is 0 Å². The summed E-state index contributed by atoms with van der Waals surface area (Å²) >= 11 is 5.20. The molecule has 1 unspecified atom stereocenters. The van der Waals surface area contributed by atoms with Crippen LogP contribution in [0.4, 0.5) is 5.69 Å². The molecule has 0 spiro atoms. The first-order valence-corrected chi connectivity index (χ1v) is 6.76. The van der Waals surface area contributed by atoms with Crippen LogP contribution in [0.15, 0.2) is 34.2 Å². The highest BCUT2D eigenvalue weighted by Gasteiger charge is 2.07. The highest BCUT2D eigenvalue weighted by Crippen LogP contribution is 2.25. The van der Waals surface area contributed by atoms with E-state index in [1.807, 2.05) is 11.6 Å². The van der Waals surface area contributed by atoms with Crippen molar-refractivity contribution in [2.75, 3.05) is 5.32 Å². The maximum absolute atomic E-state index is 4.30. The molecule has 84 valence electrons. The number of benzene rings is 1. The van der Waals surface area contributed by atoms with Crippen molar-refractivity contribution in [1.29, 1.82) is 0 Å². The fourth-order valence-corrected chi connectivity index (χ4v) is 2.47. The van der Waals surface area contributed by atoms with E-state index in [1.165, 1.54) is 5.56 Å². The summed E-state index contributed by atoms with van der Waals surface area (Å²) in [7, 11) is 0. The molecule has 2 aromatic rings. The van der Waals surface area contributed by atoms with E-state index < -0.39 is 0 Å². The third-order valence-corrected chi connectivity index (χ3v) is 4.19. The second kappa shape index (κ2) is 4.97. The summed E-state index contributed by atoms with van der Waals surface area (Å²) in [5.74, 6) is 0. The Labute approximate surface area is 108 Å². The van der Waals surface area contributed by atoms with Gasteiger partial charge in [-0.2, -0.15) is 0 Å². The van der Waals surface area contributed by atoms with Crippen LogP contribution < -0.4 is 5.32 Å². The molecule has 0 bridgehead atoms. The van der Waals surface area contributed by atoms with Crippen molar-refractivity contribution in [3.05, 3.63) is 44.8 Å². The Morgan fingerprint density at radius 2 is 2.25 bits per heavy atom. The van der Waals surface area contributed by atoms with E-state index in [-0.39, 0.29) is 6.04 Å². The van der Waals surface area contributed by atoms with Gasteiger partial charge in [0.15, 0.2) is 0 Å². The highest BCUT2D eigenvalue weighted by molar-refractivity contribution is 9.10.